The van der Waals surface area contributed by atoms with Crippen LogP contribution in [0.5, 0.6) is 34.5 Å². The highest BCUT2D eigenvalue weighted by Crippen LogP contribution is 2.60. The van der Waals surface area contributed by atoms with Gasteiger partial charge in [0.25, 0.3) is 0 Å². The van der Waals surface area contributed by atoms with Crippen molar-refractivity contribution >= 4 is 43.8 Å². The zero-order valence-corrected chi connectivity index (χ0v) is 24.7. The molecule has 10 nitrogen and oxygen atoms in total. The number of hydrogen-bond acceptors (Lipinski definition) is 10. The lowest BCUT2D eigenvalue weighted by Crippen LogP contribution is -2.09. The molecule has 2 aromatic rings. The largest absolute Gasteiger partial charge is 0.492 e. The molecule has 0 spiro atoms. The number of methoxy groups -OCH3 is 2. The fraction of sp³-hybridized carbons (Fsp3) is 0.462. The van der Waals surface area contributed by atoms with Gasteiger partial charge in [-0.2, -0.15) is 0 Å². The van der Waals surface area contributed by atoms with Crippen LogP contribution in [-0.2, 0) is 32.3 Å². The third kappa shape index (κ3) is 5.20. The Bertz CT molecular complexity index is 1150. The summed E-state index contributed by atoms with van der Waals surface area (Å²) >= 11 is 7.24. The van der Waals surface area contributed by atoms with Crippen molar-refractivity contribution in [2.45, 2.75) is 52.7 Å². The third-order valence-corrected chi connectivity index (χ3v) is 7.62. The fourth-order valence-electron chi connectivity index (χ4n) is 4.25. The lowest BCUT2D eigenvalue weighted by atomic mass is 9.92. The molecule has 0 aliphatic carbocycles. The van der Waals surface area contributed by atoms with Crippen molar-refractivity contribution in [3.8, 4) is 45.6 Å². The lowest BCUT2D eigenvalue weighted by Gasteiger charge is -2.23. The van der Waals surface area contributed by atoms with Crippen LogP contribution in [0.15, 0.2) is 8.95 Å². The van der Waals surface area contributed by atoms with Gasteiger partial charge in [0.15, 0.2) is 23.0 Å². The molecule has 206 valence electrons. The molecule has 4 rings (SSSR count). The van der Waals surface area contributed by atoms with Gasteiger partial charge in [-0.3, -0.25) is 9.59 Å². The molecule has 2 aliphatic heterocycles. The molecule has 0 bridgehead atoms. The Hall–Kier alpha value is -2.86. The number of ether oxygens (including phenoxy) is 8. The van der Waals surface area contributed by atoms with Gasteiger partial charge in [0.05, 0.1) is 23.2 Å². The number of carbonyl (C=O) groups is 2. The monoisotopic (exact) mass is 658 g/mol. The van der Waals surface area contributed by atoms with Gasteiger partial charge in [-0.15, -0.1) is 0 Å². The number of carbonyl (C=O) groups excluding carboxylic acids is 2. The number of benzene rings is 2. The van der Waals surface area contributed by atoms with E-state index >= 15 is 0 Å². The zero-order chi connectivity index (χ0) is 27.4. The molecule has 2 heterocycles. The summed E-state index contributed by atoms with van der Waals surface area (Å²) in [4.78, 5) is 24.7. The van der Waals surface area contributed by atoms with Crippen LogP contribution in [0.25, 0.3) is 11.1 Å². The van der Waals surface area contributed by atoms with E-state index in [0.29, 0.717) is 78.5 Å². The first-order chi connectivity index (χ1) is 18.4. The molecule has 0 unspecified atom stereocenters. The van der Waals surface area contributed by atoms with E-state index in [9.17, 15) is 9.59 Å². The average molecular weight is 660 g/mol. The van der Waals surface area contributed by atoms with Crippen LogP contribution in [-0.4, -0.2) is 39.7 Å². The van der Waals surface area contributed by atoms with Crippen molar-refractivity contribution in [3.05, 3.63) is 20.1 Å². The van der Waals surface area contributed by atoms with Crippen molar-refractivity contribution < 1.29 is 47.5 Å². The minimum Gasteiger partial charge on any atom is -0.492 e. The average Bonchev–Trinajstić information content (AvgIpc) is 3.57. The molecule has 0 aromatic heterocycles. The Kier molecular flexibility index (Phi) is 9.14. The minimum absolute atomic E-state index is 0.0537. The van der Waals surface area contributed by atoms with Crippen molar-refractivity contribution in [2.75, 3.05) is 27.8 Å². The second-order valence-corrected chi connectivity index (χ2v) is 9.94. The van der Waals surface area contributed by atoms with Gasteiger partial charge < -0.3 is 37.9 Å². The molecule has 0 amide bonds. The van der Waals surface area contributed by atoms with Crippen LogP contribution in [0.4, 0.5) is 0 Å². The number of rotatable bonds is 11. The van der Waals surface area contributed by atoms with E-state index in [1.165, 1.54) is 14.2 Å². The maximum atomic E-state index is 12.3. The highest BCUT2D eigenvalue weighted by molar-refractivity contribution is 9.11. The Balaban J connectivity index is 2.00. The molecule has 0 saturated heterocycles. The van der Waals surface area contributed by atoms with Crippen molar-refractivity contribution in [2.24, 2.45) is 0 Å². The van der Waals surface area contributed by atoms with Crippen LogP contribution in [0.2, 0.25) is 0 Å². The van der Waals surface area contributed by atoms with Gasteiger partial charge in [0.1, 0.15) is 13.2 Å². The molecule has 0 radical (unpaired) electrons. The molecule has 38 heavy (non-hydrogen) atoms. The number of hydrogen-bond donors (Lipinski definition) is 0. The van der Waals surface area contributed by atoms with E-state index in [-0.39, 0.29) is 51.6 Å². The second kappa shape index (κ2) is 12.3. The predicted octanol–water partition coefficient (Wildman–Crippen LogP) is 6.04. The molecule has 2 aliphatic rings. The smallest absolute Gasteiger partial charge is 0.306 e. The standard InChI is InChI=1S/C26H28Br2O10/c1-5-7-15(29)33-9-13-17(21-25(37-11-35-21)23(31-3)19(13)27)18-14(10-34-16(30)8-6-2)20(28)24(32-4)26-22(18)36-12-38-26/h5-12H2,1-4H3. The van der Waals surface area contributed by atoms with E-state index in [4.69, 9.17) is 37.9 Å². The fourth-order valence-corrected chi connectivity index (χ4v) is 5.56. The summed E-state index contributed by atoms with van der Waals surface area (Å²) in [7, 11) is 3.01. The normalized spacial score (nSPS) is 12.9. The van der Waals surface area contributed by atoms with E-state index in [2.05, 4.69) is 31.9 Å². The highest BCUT2D eigenvalue weighted by Gasteiger charge is 2.38. The summed E-state index contributed by atoms with van der Waals surface area (Å²) < 4.78 is 46.9. The van der Waals surface area contributed by atoms with Gasteiger partial charge in [-0.1, -0.05) is 13.8 Å². The van der Waals surface area contributed by atoms with Crippen molar-refractivity contribution in [3.63, 3.8) is 0 Å². The van der Waals surface area contributed by atoms with Crippen LogP contribution in [0, 0.1) is 0 Å². The Morgan fingerprint density at radius 1 is 0.684 bits per heavy atom. The Labute approximate surface area is 237 Å². The van der Waals surface area contributed by atoms with Crippen LogP contribution in [0.1, 0.15) is 50.7 Å². The number of esters is 2. The zero-order valence-electron chi connectivity index (χ0n) is 21.5. The third-order valence-electron chi connectivity index (χ3n) is 5.95. The summed E-state index contributed by atoms with van der Waals surface area (Å²) in [5.41, 5.74) is 2.13. The molecule has 0 atom stereocenters. The topological polar surface area (TPSA) is 108 Å². The molecule has 0 N–H and O–H groups in total. The van der Waals surface area contributed by atoms with Gasteiger partial charge in [-0.25, -0.2) is 0 Å². The Morgan fingerprint density at radius 3 is 1.39 bits per heavy atom. The molecular weight excluding hydrogens is 632 g/mol. The van der Waals surface area contributed by atoms with Crippen LogP contribution >= 0.6 is 31.9 Å². The highest BCUT2D eigenvalue weighted by atomic mass is 79.9. The minimum atomic E-state index is -0.351. The Morgan fingerprint density at radius 2 is 1.05 bits per heavy atom. The summed E-state index contributed by atoms with van der Waals surface area (Å²) in [6.45, 7) is 3.48. The molecule has 2 aromatic carbocycles. The van der Waals surface area contributed by atoms with Crippen LogP contribution < -0.4 is 28.4 Å². The quantitative estimate of drug-likeness (QED) is 0.265. The first kappa shape index (κ1) is 28.2. The molecule has 0 saturated carbocycles. The van der Waals surface area contributed by atoms with E-state index in [1.807, 2.05) is 13.8 Å². The van der Waals surface area contributed by atoms with E-state index < -0.39 is 0 Å². The first-order valence-electron chi connectivity index (χ1n) is 12.0. The number of halogens is 2. The molecule has 12 heteroatoms. The van der Waals surface area contributed by atoms with Crippen LogP contribution in [0.3, 0.4) is 0 Å². The van der Waals surface area contributed by atoms with E-state index in [0.717, 1.165) is 0 Å². The van der Waals surface area contributed by atoms with Gasteiger partial charge >= 0.3 is 11.9 Å². The second-order valence-electron chi connectivity index (χ2n) is 8.35. The summed E-state index contributed by atoms with van der Waals surface area (Å²) in [5, 5.41) is 0. The summed E-state index contributed by atoms with van der Waals surface area (Å²) in [5.74, 6) is 1.54. The maximum Gasteiger partial charge on any atom is 0.306 e. The summed E-state index contributed by atoms with van der Waals surface area (Å²) in [6, 6.07) is 0. The SMILES string of the molecule is CCCC(=O)OCc1c(Br)c(OC)c2c(c1-c1c(COC(=O)CCC)c(Br)c(OC)c3c1OCO3)OCO2. The maximum absolute atomic E-state index is 12.3. The summed E-state index contributed by atoms with van der Waals surface area (Å²) in [6.07, 6.45) is 1.84. The first-order valence-corrected chi connectivity index (χ1v) is 13.6. The molecule has 0 fully saturated rings. The van der Waals surface area contributed by atoms with Crippen molar-refractivity contribution in [1.82, 2.24) is 0 Å². The van der Waals surface area contributed by atoms with Crippen molar-refractivity contribution in [1.29, 1.82) is 0 Å². The van der Waals surface area contributed by atoms with Gasteiger partial charge in [-0.05, 0) is 44.7 Å². The van der Waals surface area contributed by atoms with Gasteiger partial charge in [0.2, 0.25) is 25.1 Å². The predicted molar refractivity (Wildman–Crippen MR) is 142 cm³/mol. The lowest BCUT2D eigenvalue weighted by molar-refractivity contribution is -0.145. The van der Waals surface area contributed by atoms with Gasteiger partial charge in [0, 0.05) is 35.1 Å². The molecular formula is C26H28Br2O10. The van der Waals surface area contributed by atoms with E-state index in [1.54, 1.807) is 0 Å². The number of fused-ring (bicyclic) bond motifs is 2.